The van der Waals surface area contributed by atoms with E-state index in [2.05, 4.69) is 10.6 Å². The standard InChI is InChI=1S/C17H18N2O2S/c1-12-8-9-15(13(2)10-12)18-17(22)19-16(20)11-21-14-6-4-3-5-7-14/h3-10H,11H2,1-2H3,(H2,18,19,20,22). The second-order valence-electron chi connectivity index (χ2n) is 4.92. The van der Waals surface area contributed by atoms with Crippen molar-refractivity contribution in [3.63, 3.8) is 0 Å². The Bertz CT molecular complexity index is 672. The van der Waals surface area contributed by atoms with Crippen LogP contribution >= 0.6 is 12.2 Å². The van der Waals surface area contributed by atoms with Crippen molar-refractivity contribution in [3.05, 3.63) is 59.7 Å². The zero-order valence-corrected chi connectivity index (χ0v) is 13.4. The lowest BCUT2D eigenvalue weighted by Gasteiger charge is -2.12. The lowest BCUT2D eigenvalue weighted by atomic mass is 10.1. The average molecular weight is 314 g/mol. The fourth-order valence-corrected chi connectivity index (χ4v) is 2.16. The molecule has 114 valence electrons. The minimum atomic E-state index is -0.300. The van der Waals surface area contributed by atoms with Gasteiger partial charge in [0.1, 0.15) is 5.75 Å². The largest absolute Gasteiger partial charge is 0.484 e. The van der Waals surface area contributed by atoms with Crippen LogP contribution in [-0.4, -0.2) is 17.6 Å². The molecular formula is C17H18N2O2S. The molecule has 0 radical (unpaired) electrons. The number of nitrogens with one attached hydrogen (secondary N) is 2. The summed E-state index contributed by atoms with van der Waals surface area (Å²) in [6.07, 6.45) is 0. The van der Waals surface area contributed by atoms with Crippen LogP contribution in [-0.2, 0) is 4.79 Å². The van der Waals surface area contributed by atoms with Crippen molar-refractivity contribution in [2.75, 3.05) is 11.9 Å². The number of anilines is 1. The summed E-state index contributed by atoms with van der Waals surface area (Å²) < 4.78 is 5.36. The number of carbonyl (C=O) groups is 1. The fraction of sp³-hybridized carbons (Fsp3) is 0.176. The molecule has 0 bridgehead atoms. The van der Waals surface area contributed by atoms with E-state index >= 15 is 0 Å². The first-order chi connectivity index (χ1) is 10.5. The van der Waals surface area contributed by atoms with Gasteiger partial charge in [0.25, 0.3) is 5.91 Å². The molecule has 0 aliphatic carbocycles. The first-order valence-electron chi connectivity index (χ1n) is 6.90. The van der Waals surface area contributed by atoms with E-state index in [1.165, 1.54) is 5.56 Å². The highest BCUT2D eigenvalue weighted by Gasteiger charge is 2.07. The monoisotopic (exact) mass is 314 g/mol. The van der Waals surface area contributed by atoms with Crippen molar-refractivity contribution in [2.24, 2.45) is 0 Å². The van der Waals surface area contributed by atoms with E-state index in [0.29, 0.717) is 5.75 Å². The van der Waals surface area contributed by atoms with E-state index < -0.39 is 0 Å². The van der Waals surface area contributed by atoms with Gasteiger partial charge in [0.2, 0.25) is 0 Å². The molecule has 0 unspecified atom stereocenters. The van der Waals surface area contributed by atoms with Crippen molar-refractivity contribution >= 4 is 28.9 Å². The van der Waals surface area contributed by atoms with Crippen LogP contribution in [0.5, 0.6) is 5.75 Å². The Labute approximate surface area is 135 Å². The number of amides is 1. The maximum atomic E-state index is 11.8. The van der Waals surface area contributed by atoms with E-state index in [0.717, 1.165) is 11.3 Å². The van der Waals surface area contributed by atoms with Gasteiger partial charge in [-0.15, -0.1) is 0 Å². The number of benzene rings is 2. The average Bonchev–Trinajstić information content (AvgIpc) is 2.49. The van der Waals surface area contributed by atoms with Gasteiger partial charge in [-0.2, -0.15) is 0 Å². The normalized spacial score (nSPS) is 9.91. The molecule has 0 saturated carbocycles. The fourth-order valence-electron chi connectivity index (χ4n) is 1.94. The van der Waals surface area contributed by atoms with E-state index in [1.807, 2.05) is 50.2 Å². The van der Waals surface area contributed by atoms with Gasteiger partial charge < -0.3 is 10.1 Å². The molecule has 0 fully saturated rings. The van der Waals surface area contributed by atoms with Gasteiger partial charge in [0.15, 0.2) is 11.7 Å². The van der Waals surface area contributed by atoms with Crippen molar-refractivity contribution in [3.8, 4) is 5.75 Å². The first kappa shape index (κ1) is 16.0. The summed E-state index contributed by atoms with van der Waals surface area (Å²) in [5.41, 5.74) is 3.12. The van der Waals surface area contributed by atoms with Crippen LogP contribution in [0, 0.1) is 13.8 Å². The maximum Gasteiger partial charge on any atom is 0.264 e. The smallest absolute Gasteiger partial charge is 0.264 e. The minimum absolute atomic E-state index is 0.0846. The van der Waals surface area contributed by atoms with E-state index in [-0.39, 0.29) is 17.6 Å². The predicted octanol–water partition coefficient (Wildman–Crippen LogP) is 3.20. The van der Waals surface area contributed by atoms with Gasteiger partial charge in [-0.05, 0) is 49.8 Å². The molecule has 0 heterocycles. The van der Waals surface area contributed by atoms with E-state index in [9.17, 15) is 4.79 Å². The van der Waals surface area contributed by atoms with Gasteiger partial charge in [-0.25, -0.2) is 0 Å². The molecule has 1 amide bonds. The second-order valence-corrected chi connectivity index (χ2v) is 5.33. The third kappa shape index (κ3) is 4.86. The summed E-state index contributed by atoms with van der Waals surface area (Å²) in [7, 11) is 0. The van der Waals surface area contributed by atoms with Gasteiger partial charge in [-0.3, -0.25) is 10.1 Å². The molecule has 5 heteroatoms. The Hall–Kier alpha value is -2.40. The first-order valence-corrected chi connectivity index (χ1v) is 7.31. The molecule has 0 aliphatic heterocycles. The molecule has 0 aliphatic rings. The number of para-hydroxylation sites is 1. The minimum Gasteiger partial charge on any atom is -0.484 e. The van der Waals surface area contributed by atoms with E-state index in [4.69, 9.17) is 17.0 Å². The third-order valence-corrected chi connectivity index (χ3v) is 3.20. The Morgan fingerprint density at radius 1 is 1.14 bits per heavy atom. The van der Waals surface area contributed by atoms with Crippen LogP contribution in [0.25, 0.3) is 0 Å². The molecule has 2 aromatic rings. The molecule has 0 atom stereocenters. The molecule has 22 heavy (non-hydrogen) atoms. The van der Waals surface area contributed by atoms with Crippen molar-refractivity contribution in [1.82, 2.24) is 5.32 Å². The highest BCUT2D eigenvalue weighted by Crippen LogP contribution is 2.15. The lowest BCUT2D eigenvalue weighted by Crippen LogP contribution is -2.37. The number of thiocarbonyl (C=S) groups is 1. The molecule has 2 N–H and O–H groups in total. The summed E-state index contributed by atoms with van der Waals surface area (Å²) >= 11 is 5.14. The lowest BCUT2D eigenvalue weighted by molar-refractivity contribution is -0.121. The highest BCUT2D eigenvalue weighted by atomic mass is 32.1. The van der Waals surface area contributed by atoms with Crippen LogP contribution in [0.15, 0.2) is 48.5 Å². The Morgan fingerprint density at radius 3 is 2.55 bits per heavy atom. The van der Waals surface area contributed by atoms with Crippen LogP contribution in [0.2, 0.25) is 0 Å². The molecule has 2 rings (SSSR count). The van der Waals surface area contributed by atoms with Gasteiger partial charge in [-0.1, -0.05) is 35.9 Å². The number of carbonyl (C=O) groups excluding carboxylic acids is 1. The number of rotatable bonds is 4. The summed E-state index contributed by atoms with van der Waals surface area (Å²) in [5, 5.41) is 5.87. The Morgan fingerprint density at radius 2 is 1.86 bits per heavy atom. The van der Waals surface area contributed by atoms with E-state index in [1.54, 1.807) is 12.1 Å². The van der Waals surface area contributed by atoms with Crippen molar-refractivity contribution < 1.29 is 9.53 Å². The predicted molar refractivity (Wildman–Crippen MR) is 92.2 cm³/mol. The number of hydrogen-bond donors (Lipinski definition) is 2. The van der Waals surface area contributed by atoms with Crippen LogP contribution in [0.3, 0.4) is 0 Å². The Balaban J connectivity index is 1.82. The van der Waals surface area contributed by atoms with Gasteiger partial charge >= 0.3 is 0 Å². The topological polar surface area (TPSA) is 50.4 Å². The van der Waals surface area contributed by atoms with Crippen LogP contribution in [0.4, 0.5) is 5.69 Å². The van der Waals surface area contributed by atoms with Crippen molar-refractivity contribution in [2.45, 2.75) is 13.8 Å². The van der Waals surface area contributed by atoms with Crippen LogP contribution in [0.1, 0.15) is 11.1 Å². The summed E-state index contributed by atoms with van der Waals surface area (Å²) in [6.45, 7) is 3.93. The quantitative estimate of drug-likeness (QED) is 0.851. The Kier molecular flexibility index (Phi) is 5.49. The highest BCUT2D eigenvalue weighted by molar-refractivity contribution is 7.80. The summed E-state index contributed by atoms with van der Waals surface area (Å²) in [5.74, 6) is 0.344. The van der Waals surface area contributed by atoms with Gasteiger partial charge in [0, 0.05) is 5.69 Å². The summed E-state index contributed by atoms with van der Waals surface area (Å²) in [4.78, 5) is 11.8. The molecule has 4 nitrogen and oxygen atoms in total. The maximum absolute atomic E-state index is 11.8. The zero-order chi connectivity index (χ0) is 15.9. The molecule has 0 aromatic heterocycles. The number of aryl methyl sites for hydroxylation is 2. The van der Waals surface area contributed by atoms with Crippen LogP contribution < -0.4 is 15.4 Å². The van der Waals surface area contributed by atoms with Crippen molar-refractivity contribution in [1.29, 1.82) is 0 Å². The number of ether oxygens (including phenoxy) is 1. The third-order valence-electron chi connectivity index (χ3n) is 3.00. The summed E-state index contributed by atoms with van der Waals surface area (Å²) in [6, 6.07) is 15.1. The number of hydrogen-bond acceptors (Lipinski definition) is 3. The molecular weight excluding hydrogens is 296 g/mol. The SMILES string of the molecule is Cc1ccc(NC(=S)NC(=O)COc2ccccc2)c(C)c1. The molecule has 0 spiro atoms. The van der Waals surface area contributed by atoms with Gasteiger partial charge in [0.05, 0.1) is 0 Å². The second kappa shape index (κ2) is 7.56. The zero-order valence-electron chi connectivity index (χ0n) is 12.6. The molecule has 2 aromatic carbocycles. The molecule has 0 saturated heterocycles.